The third kappa shape index (κ3) is 6050. The van der Waals surface area contributed by atoms with E-state index in [-0.39, 0.29) is 34.0 Å². The van der Waals surface area contributed by atoms with Crippen molar-refractivity contribution in [1.29, 1.82) is 0 Å². The van der Waals surface area contributed by atoms with Crippen molar-refractivity contribution in [2.24, 2.45) is 0 Å². The second-order valence-electron chi connectivity index (χ2n) is 0. The van der Waals surface area contributed by atoms with Gasteiger partial charge in [-0.25, -0.2) is 0 Å². The molecule has 36 valence electrons. The summed E-state index contributed by atoms with van der Waals surface area (Å²) in [6.45, 7) is 0. The molecule has 0 N–H and O–H groups in total. The molecule has 0 nitrogen and oxygen atoms in total. The molecule has 0 saturated heterocycles. The predicted molar refractivity (Wildman–Crippen MR) is 40.4 cm³/mol. The van der Waals surface area contributed by atoms with Crippen molar-refractivity contribution in [2.75, 3.05) is 0 Å². The zero-order valence-corrected chi connectivity index (χ0v) is 6.55. The number of halogens is 2. The molecule has 0 aliphatic heterocycles. The molecule has 0 bridgehead atoms. The van der Waals surface area contributed by atoms with Gasteiger partial charge in [0.2, 0.25) is 0 Å². The molecule has 0 aromatic heterocycles. The van der Waals surface area contributed by atoms with Crippen LogP contribution in [0.4, 0.5) is 0 Å². The van der Waals surface area contributed by atoms with Crippen molar-refractivity contribution in [3.05, 3.63) is 0 Å². The molecule has 0 amide bonds. The molecule has 0 spiro atoms. The Bertz CT molecular complexity index is 21.0. The fourth-order valence-electron chi connectivity index (χ4n) is 0. The second-order valence-corrected chi connectivity index (χ2v) is 0. The van der Waals surface area contributed by atoms with Gasteiger partial charge in [-0.15, -0.1) is 59.7 Å². The summed E-state index contributed by atoms with van der Waals surface area (Å²) in [4.78, 5) is 0. The molecular weight excluding hydrogens is 208 g/mol. The maximum Gasteiger partial charge on any atom is -0.114 e. The number of hydrogen-bond donors (Lipinski definition) is 0. The van der Waals surface area contributed by atoms with E-state index in [1.807, 2.05) is 0 Å². The Hall–Kier alpha value is 0.0800. The van der Waals surface area contributed by atoms with E-state index < -0.39 is 0 Å². The van der Waals surface area contributed by atoms with Crippen LogP contribution in [0.3, 0.4) is 0 Å². The Morgan fingerprint density at radius 2 is 0.500 bits per heavy atom. The van der Waals surface area contributed by atoms with Crippen LogP contribution in [0, 0.1) is 25.7 Å². The van der Waals surface area contributed by atoms with Crippen LogP contribution in [-0.2, 0) is 0 Å². The second kappa shape index (κ2) is 13200. The van der Waals surface area contributed by atoms with Gasteiger partial charge in [0.25, 0.3) is 0 Å². The lowest BCUT2D eigenvalue weighted by Gasteiger charge is -0.701. The highest BCUT2D eigenvalue weighted by atomic mass is 79.9. The smallest absolute Gasteiger partial charge is 0.114 e. The van der Waals surface area contributed by atoms with Crippen LogP contribution in [0.15, 0.2) is 0 Å². The van der Waals surface area contributed by atoms with E-state index in [1.165, 1.54) is 0 Å². The Morgan fingerprint density at radius 3 is 0.500 bits per heavy atom. The molecule has 0 aliphatic carbocycles. The fourth-order valence-corrected chi connectivity index (χ4v) is 0. The summed E-state index contributed by atoms with van der Waals surface area (Å²) in [5.74, 6) is 0. The molecule has 2 heteroatoms. The molecule has 0 rings (SSSR count). The first-order chi connectivity index (χ1) is 2.00. The standard InChI is InChI=1S/2C2H2.2BrH/c2*1-2;;/h2*1-2H;2*1H. The lowest BCUT2D eigenvalue weighted by Crippen LogP contribution is -0.576. The van der Waals surface area contributed by atoms with E-state index in [4.69, 9.17) is 0 Å². The van der Waals surface area contributed by atoms with E-state index in [9.17, 15) is 0 Å². The number of terminal acetylenes is 2. The molecule has 0 unspecified atom stereocenters. The number of hydrogen-bond acceptors (Lipinski definition) is 0. The first-order valence-corrected chi connectivity index (χ1v) is 0.667. The van der Waals surface area contributed by atoms with Crippen LogP contribution in [-0.4, -0.2) is 0 Å². The van der Waals surface area contributed by atoms with Crippen LogP contribution < -0.4 is 0 Å². The van der Waals surface area contributed by atoms with Crippen LogP contribution in [0.1, 0.15) is 0 Å². The van der Waals surface area contributed by atoms with E-state index in [0.29, 0.717) is 0 Å². The summed E-state index contributed by atoms with van der Waals surface area (Å²) in [7, 11) is 0. The Balaban J connectivity index is -0.00000000500. The van der Waals surface area contributed by atoms with Gasteiger partial charge in [-0.05, 0) is 0 Å². The molecule has 0 aromatic rings. The summed E-state index contributed by atoms with van der Waals surface area (Å²) >= 11 is 0. The predicted octanol–water partition coefficient (Wildman–Crippen LogP) is 1.65. The molecule has 0 fully saturated rings. The van der Waals surface area contributed by atoms with Gasteiger partial charge in [-0.1, -0.05) is 0 Å². The first-order valence-electron chi connectivity index (χ1n) is 0.667. The van der Waals surface area contributed by atoms with Crippen LogP contribution in [0.2, 0.25) is 0 Å². The Morgan fingerprint density at radius 1 is 0.500 bits per heavy atom. The van der Waals surface area contributed by atoms with Gasteiger partial charge in [0, 0.05) is 0 Å². The normalized spacial score (nSPS) is 0.667. The molecule has 0 heterocycles. The van der Waals surface area contributed by atoms with E-state index in [2.05, 4.69) is 25.7 Å². The quantitative estimate of drug-likeness (QED) is 0.537. The zero-order chi connectivity index (χ0) is 4.00. The van der Waals surface area contributed by atoms with Gasteiger partial charge in [0.1, 0.15) is 0 Å². The van der Waals surface area contributed by atoms with Gasteiger partial charge < -0.3 is 0 Å². The Kier molecular flexibility index (Phi) is 79900. The molecule has 0 atom stereocenters. The van der Waals surface area contributed by atoms with Gasteiger partial charge in [-0.3, -0.25) is 0 Å². The minimum Gasteiger partial charge on any atom is -0.124 e. The highest BCUT2D eigenvalue weighted by molar-refractivity contribution is 8.93. The lowest BCUT2D eigenvalue weighted by molar-refractivity contribution is 3.31. The summed E-state index contributed by atoms with van der Waals surface area (Å²) in [5, 5.41) is 0. The van der Waals surface area contributed by atoms with Crippen molar-refractivity contribution >= 4 is 34.0 Å². The van der Waals surface area contributed by atoms with Gasteiger partial charge in [-0.2, -0.15) is 0 Å². The largest absolute Gasteiger partial charge is 0.124 e. The molecule has 0 radical (unpaired) electrons. The first kappa shape index (κ1) is 36.3. The highest BCUT2D eigenvalue weighted by Crippen LogP contribution is 0.847. The maximum absolute atomic E-state index is 4.00. The molecule has 0 aliphatic rings. The van der Waals surface area contributed by atoms with E-state index in [0.717, 1.165) is 0 Å². The van der Waals surface area contributed by atoms with Crippen molar-refractivity contribution in [3.63, 3.8) is 0 Å². The summed E-state index contributed by atoms with van der Waals surface area (Å²) in [5.41, 5.74) is 0. The van der Waals surface area contributed by atoms with Crippen LogP contribution in [0.25, 0.3) is 0 Å². The topological polar surface area (TPSA) is 0 Å². The lowest BCUT2D eigenvalue weighted by atomic mass is 11.4. The monoisotopic (exact) mass is 212 g/mol. The minimum atomic E-state index is 0. The summed E-state index contributed by atoms with van der Waals surface area (Å²) in [6, 6.07) is 0. The molecule has 6 heavy (non-hydrogen) atoms. The van der Waals surface area contributed by atoms with Crippen molar-refractivity contribution in [1.82, 2.24) is 0 Å². The van der Waals surface area contributed by atoms with Gasteiger partial charge >= 0.3 is 0 Å². The average molecular weight is 214 g/mol. The van der Waals surface area contributed by atoms with E-state index in [1.54, 1.807) is 0 Å². The van der Waals surface area contributed by atoms with Crippen LogP contribution >= 0.6 is 34.0 Å². The summed E-state index contributed by atoms with van der Waals surface area (Å²) < 4.78 is 0. The van der Waals surface area contributed by atoms with Gasteiger partial charge in [0.05, 0.1) is 0 Å². The fraction of sp³-hybridized carbons (Fsp3) is 0. The zero-order valence-electron chi connectivity index (χ0n) is 3.13. The van der Waals surface area contributed by atoms with Crippen molar-refractivity contribution in [3.8, 4) is 25.7 Å². The van der Waals surface area contributed by atoms with Crippen molar-refractivity contribution in [2.45, 2.75) is 0 Å². The maximum atomic E-state index is 4.00. The SMILES string of the molecule is Br.Br.C#C.C#C. The molecule has 0 saturated carbocycles. The highest BCUT2D eigenvalue weighted by Gasteiger charge is 0.456. The third-order valence-electron chi connectivity index (χ3n) is 0. The minimum absolute atomic E-state index is 0. The van der Waals surface area contributed by atoms with E-state index >= 15 is 0 Å². The Labute approximate surface area is 59.9 Å². The third-order valence-corrected chi connectivity index (χ3v) is 0. The molecule has 0 aromatic carbocycles. The summed E-state index contributed by atoms with van der Waals surface area (Å²) in [6.07, 6.45) is 16.0. The van der Waals surface area contributed by atoms with Crippen LogP contribution in [0.5, 0.6) is 0 Å². The van der Waals surface area contributed by atoms with Gasteiger partial charge in [0.15, 0.2) is 0 Å². The molecular formula is C4H6Br2. The number of rotatable bonds is 0. The van der Waals surface area contributed by atoms with Crippen molar-refractivity contribution < 1.29 is 0 Å². The average Bonchev–Trinajstić information content (AvgIpc) is 1.50.